The van der Waals surface area contributed by atoms with Crippen molar-refractivity contribution in [3.63, 3.8) is 0 Å². The van der Waals surface area contributed by atoms with E-state index >= 15 is 0 Å². The zero-order chi connectivity index (χ0) is 15.0. The van der Waals surface area contributed by atoms with Crippen LogP contribution in [0.2, 0.25) is 0 Å². The molecule has 0 bridgehead atoms. The van der Waals surface area contributed by atoms with E-state index in [1.165, 1.54) is 9.75 Å². The second kappa shape index (κ2) is 8.27. The quantitative estimate of drug-likeness (QED) is 0.601. The van der Waals surface area contributed by atoms with Crippen molar-refractivity contribution in [3.8, 4) is 0 Å². The average molecular weight is 297 g/mol. The molecule has 20 heavy (non-hydrogen) atoms. The minimum Gasteiger partial charge on any atom is -0.377 e. The van der Waals surface area contributed by atoms with Gasteiger partial charge in [0.1, 0.15) is 0 Å². The lowest BCUT2D eigenvalue weighted by Crippen LogP contribution is -2.45. The van der Waals surface area contributed by atoms with Gasteiger partial charge in [-0.3, -0.25) is 0 Å². The molecule has 0 amide bonds. The summed E-state index contributed by atoms with van der Waals surface area (Å²) >= 11 is 1.83. The molecular formula is C15H27N3OS. The fourth-order valence-corrected chi connectivity index (χ4v) is 2.45. The van der Waals surface area contributed by atoms with Gasteiger partial charge in [-0.15, -0.1) is 11.3 Å². The van der Waals surface area contributed by atoms with Crippen LogP contribution in [0.5, 0.6) is 0 Å². The molecule has 5 heteroatoms. The molecule has 1 rings (SSSR count). The van der Waals surface area contributed by atoms with Gasteiger partial charge in [0.05, 0.1) is 12.1 Å². The molecule has 4 nitrogen and oxygen atoms in total. The SMILES string of the molecule is CCNC(=NCc1ccc(CC)s1)NCC(C)(C)OC. The van der Waals surface area contributed by atoms with Crippen LogP contribution in [0.15, 0.2) is 17.1 Å². The van der Waals surface area contributed by atoms with Crippen LogP contribution in [0.4, 0.5) is 0 Å². The Kier molecular flexibility index (Phi) is 7.02. The van der Waals surface area contributed by atoms with Crippen LogP contribution in [0.25, 0.3) is 0 Å². The average Bonchev–Trinajstić information content (AvgIpc) is 2.90. The van der Waals surface area contributed by atoms with Gasteiger partial charge in [-0.2, -0.15) is 0 Å². The first-order chi connectivity index (χ1) is 9.50. The molecule has 1 aromatic heterocycles. The fourth-order valence-electron chi connectivity index (χ4n) is 1.56. The van der Waals surface area contributed by atoms with Gasteiger partial charge < -0.3 is 15.4 Å². The van der Waals surface area contributed by atoms with Gasteiger partial charge >= 0.3 is 0 Å². The van der Waals surface area contributed by atoms with Gasteiger partial charge in [-0.1, -0.05) is 6.92 Å². The highest BCUT2D eigenvalue weighted by molar-refractivity contribution is 7.11. The smallest absolute Gasteiger partial charge is 0.191 e. The first-order valence-corrected chi connectivity index (χ1v) is 7.97. The first-order valence-electron chi connectivity index (χ1n) is 7.15. The number of aliphatic imine (C=N–C) groups is 1. The number of thiophene rings is 1. The number of aryl methyl sites for hydroxylation is 1. The van der Waals surface area contributed by atoms with Crippen molar-refractivity contribution in [2.45, 2.75) is 46.3 Å². The third-order valence-corrected chi connectivity index (χ3v) is 4.25. The van der Waals surface area contributed by atoms with E-state index in [4.69, 9.17) is 4.74 Å². The van der Waals surface area contributed by atoms with Crippen molar-refractivity contribution in [1.29, 1.82) is 0 Å². The Labute approximate surface area is 126 Å². The van der Waals surface area contributed by atoms with Crippen LogP contribution in [-0.4, -0.2) is 31.8 Å². The van der Waals surface area contributed by atoms with Crippen molar-refractivity contribution in [2.24, 2.45) is 4.99 Å². The summed E-state index contributed by atoms with van der Waals surface area (Å²) in [6, 6.07) is 4.35. The summed E-state index contributed by atoms with van der Waals surface area (Å²) in [7, 11) is 1.73. The Bertz CT molecular complexity index is 427. The van der Waals surface area contributed by atoms with E-state index < -0.39 is 0 Å². The highest BCUT2D eigenvalue weighted by Gasteiger charge is 2.16. The van der Waals surface area contributed by atoms with Crippen molar-refractivity contribution >= 4 is 17.3 Å². The molecule has 0 aliphatic rings. The highest BCUT2D eigenvalue weighted by atomic mass is 32.1. The van der Waals surface area contributed by atoms with E-state index in [9.17, 15) is 0 Å². The summed E-state index contributed by atoms with van der Waals surface area (Å²) in [5.41, 5.74) is -0.200. The monoisotopic (exact) mass is 297 g/mol. The Balaban J connectivity index is 2.58. The summed E-state index contributed by atoms with van der Waals surface area (Å²) in [6.45, 7) is 10.6. The number of ether oxygens (including phenoxy) is 1. The number of hydrogen-bond donors (Lipinski definition) is 2. The van der Waals surface area contributed by atoms with Crippen molar-refractivity contribution in [1.82, 2.24) is 10.6 Å². The second-order valence-corrected chi connectivity index (χ2v) is 6.49. The molecule has 0 aliphatic heterocycles. The van der Waals surface area contributed by atoms with Gasteiger partial charge in [0.2, 0.25) is 0 Å². The van der Waals surface area contributed by atoms with E-state index in [-0.39, 0.29) is 5.60 Å². The van der Waals surface area contributed by atoms with Gasteiger partial charge in [0.15, 0.2) is 5.96 Å². The molecule has 0 aromatic carbocycles. The maximum absolute atomic E-state index is 5.40. The molecule has 1 aromatic rings. The van der Waals surface area contributed by atoms with Crippen LogP contribution < -0.4 is 10.6 Å². The summed E-state index contributed by atoms with van der Waals surface area (Å²) in [4.78, 5) is 7.33. The number of methoxy groups -OCH3 is 1. The van der Waals surface area contributed by atoms with Gasteiger partial charge in [-0.05, 0) is 39.3 Å². The predicted molar refractivity (Wildman–Crippen MR) is 87.6 cm³/mol. The van der Waals surface area contributed by atoms with Crippen LogP contribution in [0.3, 0.4) is 0 Å². The number of guanidine groups is 1. The number of nitrogens with one attached hydrogen (secondary N) is 2. The summed E-state index contributed by atoms with van der Waals surface area (Å²) in [5, 5.41) is 6.58. The molecule has 0 unspecified atom stereocenters. The molecule has 0 saturated heterocycles. The minimum atomic E-state index is -0.200. The van der Waals surface area contributed by atoms with E-state index in [0.717, 1.165) is 25.5 Å². The van der Waals surface area contributed by atoms with Gasteiger partial charge in [-0.25, -0.2) is 4.99 Å². The molecule has 0 aliphatic carbocycles. The van der Waals surface area contributed by atoms with Crippen LogP contribution in [-0.2, 0) is 17.7 Å². The lowest BCUT2D eigenvalue weighted by Gasteiger charge is -2.24. The molecule has 0 spiro atoms. The molecule has 1 heterocycles. The lowest BCUT2D eigenvalue weighted by atomic mass is 10.1. The topological polar surface area (TPSA) is 45.7 Å². The highest BCUT2D eigenvalue weighted by Crippen LogP contribution is 2.17. The molecule has 0 atom stereocenters. The van der Waals surface area contributed by atoms with E-state index in [1.807, 2.05) is 11.3 Å². The zero-order valence-electron chi connectivity index (χ0n) is 13.2. The Hall–Kier alpha value is -1.07. The Morgan fingerprint density at radius 2 is 1.95 bits per heavy atom. The molecule has 0 saturated carbocycles. The zero-order valence-corrected chi connectivity index (χ0v) is 14.1. The molecule has 114 valence electrons. The third kappa shape index (κ3) is 5.92. The molecule has 0 fully saturated rings. The molecular weight excluding hydrogens is 270 g/mol. The maximum Gasteiger partial charge on any atom is 0.191 e. The second-order valence-electron chi connectivity index (χ2n) is 5.23. The summed E-state index contributed by atoms with van der Waals surface area (Å²) < 4.78 is 5.40. The first kappa shape index (κ1) is 17.0. The molecule has 2 N–H and O–H groups in total. The Morgan fingerprint density at radius 1 is 1.25 bits per heavy atom. The largest absolute Gasteiger partial charge is 0.377 e. The summed E-state index contributed by atoms with van der Waals surface area (Å²) in [6.07, 6.45) is 1.09. The normalized spacial score (nSPS) is 12.6. The standard InChI is InChI=1S/C15H27N3OS/c1-6-12-8-9-13(20-12)10-17-14(16-7-2)18-11-15(3,4)19-5/h8-9H,6-7,10-11H2,1-5H3,(H2,16,17,18). The summed E-state index contributed by atoms with van der Waals surface area (Å²) in [5.74, 6) is 0.837. The Morgan fingerprint density at radius 3 is 2.50 bits per heavy atom. The predicted octanol–water partition coefficient (Wildman–Crippen LogP) is 2.79. The van der Waals surface area contributed by atoms with Crippen molar-refractivity contribution in [3.05, 3.63) is 21.9 Å². The van der Waals surface area contributed by atoms with Crippen molar-refractivity contribution in [2.75, 3.05) is 20.2 Å². The third-order valence-electron chi connectivity index (χ3n) is 3.04. The van der Waals surface area contributed by atoms with Crippen LogP contribution in [0.1, 0.15) is 37.4 Å². The van der Waals surface area contributed by atoms with E-state index in [2.05, 4.69) is 55.5 Å². The van der Waals surface area contributed by atoms with E-state index in [1.54, 1.807) is 7.11 Å². The van der Waals surface area contributed by atoms with Crippen LogP contribution >= 0.6 is 11.3 Å². The number of rotatable bonds is 7. The van der Waals surface area contributed by atoms with Crippen molar-refractivity contribution < 1.29 is 4.74 Å². The van der Waals surface area contributed by atoms with Crippen LogP contribution in [0, 0.1) is 0 Å². The minimum absolute atomic E-state index is 0.200. The lowest BCUT2D eigenvalue weighted by molar-refractivity contribution is 0.0268. The number of nitrogens with zero attached hydrogens (tertiary/aromatic N) is 1. The fraction of sp³-hybridized carbons (Fsp3) is 0.667. The number of hydrogen-bond acceptors (Lipinski definition) is 3. The maximum atomic E-state index is 5.40. The molecule has 0 radical (unpaired) electrons. The van der Waals surface area contributed by atoms with Gasteiger partial charge in [0, 0.05) is 30.0 Å². The van der Waals surface area contributed by atoms with Gasteiger partial charge in [0.25, 0.3) is 0 Å². The van der Waals surface area contributed by atoms with E-state index in [0.29, 0.717) is 6.54 Å².